The van der Waals surface area contributed by atoms with Crippen LogP contribution in [0.1, 0.15) is 142 Å². The molecule has 0 radical (unpaired) electrons. The van der Waals surface area contributed by atoms with Crippen molar-refractivity contribution in [2.45, 2.75) is 89.6 Å². The molecule has 5 aliphatic heterocycles. The molecule has 5 fully saturated rings. The molecule has 2 bridgehead atoms. The number of morpholine rings is 2. The van der Waals surface area contributed by atoms with E-state index in [9.17, 15) is 19.2 Å². The van der Waals surface area contributed by atoms with E-state index in [1.165, 1.54) is 25.3 Å². The lowest BCUT2D eigenvalue weighted by molar-refractivity contribution is -0.00736. The minimum atomic E-state index is -0.235. The average molecular weight is 1770 g/mol. The number of hydrogen-bond donors (Lipinski definition) is 8. The maximum atomic E-state index is 13.8. The lowest BCUT2D eigenvalue weighted by Crippen LogP contribution is -2.49. The Morgan fingerprint density at radius 3 is 0.984 bits per heavy atom. The van der Waals surface area contributed by atoms with Gasteiger partial charge < -0.3 is 75.2 Å². The monoisotopic (exact) mass is 1770 g/mol. The summed E-state index contributed by atoms with van der Waals surface area (Å²) in [7, 11) is 2.06. The Hall–Kier alpha value is -13.2. The smallest absolute Gasteiger partial charge is 0.273 e. The van der Waals surface area contributed by atoms with Crippen LogP contribution in [0.5, 0.6) is 0 Å². The molecule has 0 spiro atoms. The number of fused-ring (bicyclic) bond motifs is 10. The molecule has 5 saturated heterocycles. The minimum absolute atomic E-state index is 0.0716. The van der Waals surface area contributed by atoms with Gasteiger partial charge in [0.2, 0.25) is 0 Å². The average Bonchev–Trinajstić information content (AvgIpc) is 1.25. The summed E-state index contributed by atoms with van der Waals surface area (Å²) < 4.78 is 11.1. The number of ether oxygens (including phenoxy) is 2. The molecule has 126 heavy (non-hydrogen) atoms. The maximum absolute atomic E-state index is 13.8. The predicted octanol–water partition coefficient (Wildman–Crippen LogP) is 14.0. The van der Waals surface area contributed by atoms with Gasteiger partial charge in [0.1, 0.15) is 70.2 Å². The van der Waals surface area contributed by atoms with E-state index in [1.807, 2.05) is 115 Å². The van der Waals surface area contributed by atoms with Crippen molar-refractivity contribution in [2.24, 2.45) is 0 Å². The van der Waals surface area contributed by atoms with E-state index in [0.29, 0.717) is 174 Å². The molecule has 35 nitrogen and oxygen atoms in total. The Bertz CT molecular complexity index is 6780. The van der Waals surface area contributed by atoms with Crippen molar-refractivity contribution in [3.8, 4) is 0 Å². The molecule has 21 rings (SSSR count). The molecule has 39 heteroatoms. The predicted molar refractivity (Wildman–Crippen MR) is 481 cm³/mol. The lowest BCUT2D eigenvalue weighted by Gasteiger charge is -2.34. The Labute approximate surface area is 739 Å². The number of halogens is 4. The van der Waals surface area contributed by atoms with Crippen LogP contribution in [0.4, 0.5) is 23.3 Å². The van der Waals surface area contributed by atoms with Crippen molar-refractivity contribution in [3.05, 3.63) is 213 Å². The third-order valence-electron chi connectivity index (χ3n) is 23.2. The number of aromatic amines is 4. The van der Waals surface area contributed by atoms with Gasteiger partial charge in [-0.25, -0.2) is 79.7 Å². The number of carbonyl (C=O) groups excluding carboxylic acids is 4. The van der Waals surface area contributed by atoms with Crippen molar-refractivity contribution in [1.29, 1.82) is 0 Å². The second-order valence-electron chi connectivity index (χ2n) is 31.3. The highest BCUT2D eigenvalue weighted by molar-refractivity contribution is 6.38. The van der Waals surface area contributed by atoms with Gasteiger partial charge in [0.05, 0.1) is 131 Å². The van der Waals surface area contributed by atoms with Gasteiger partial charge in [-0.15, -0.1) is 0 Å². The summed E-state index contributed by atoms with van der Waals surface area (Å²) in [5.41, 5.74) is 9.60. The lowest BCUT2D eigenvalue weighted by atomic mass is 10.0. The number of H-pyrrole nitrogens is 4. The minimum Gasteiger partial charge on any atom is -0.378 e. The summed E-state index contributed by atoms with van der Waals surface area (Å²) in [6.45, 7) is 15.6. The van der Waals surface area contributed by atoms with E-state index in [0.717, 1.165) is 107 Å². The van der Waals surface area contributed by atoms with E-state index in [4.69, 9.17) is 75.8 Å². The summed E-state index contributed by atoms with van der Waals surface area (Å²) in [6, 6.07) is 29.6. The summed E-state index contributed by atoms with van der Waals surface area (Å²) in [5.74, 6) is 2.09. The van der Waals surface area contributed by atoms with Crippen molar-refractivity contribution in [1.82, 2.24) is 124 Å². The Balaban J connectivity index is 0.000000114. The number of nitrogens with zero attached hydrogens (tertiary/aromatic N) is 21. The molecule has 4 amide bonds. The zero-order valence-corrected chi connectivity index (χ0v) is 72.0. The third kappa shape index (κ3) is 17.2. The van der Waals surface area contributed by atoms with Gasteiger partial charge in [-0.2, -0.15) is 0 Å². The number of pyridine rings is 4. The fourth-order valence-electron chi connectivity index (χ4n) is 16.5. The van der Waals surface area contributed by atoms with Gasteiger partial charge in [-0.05, 0) is 131 Å². The highest BCUT2D eigenvalue weighted by Crippen LogP contribution is 2.39. The summed E-state index contributed by atoms with van der Waals surface area (Å²) in [4.78, 5) is 145. The highest BCUT2D eigenvalue weighted by atomic mass is 35.5. The first-order valence-corrected chi connectivity index (χ1v) is 42.9. The number of piperazine rings is 1. The number of imidazole rings is 4. The number of aromatic nitrogens is 20. The van der Waals surface area contributed by atoms with Crippen LogP contribution in [0.15, 0.2) is 148 Å². The first-order valence-electron chi connectivity index (χ1n) is 41.4. The fraction of sp³-hybridized carbons (Fsp3) is 0.310. The fourth-order valence-corrected chi connectivity index (χ4v) is 17.6. The van der Waals surface area contributed by atoms with Crippen LogP contribution in [0.25, 0.3) is 87.7 Å². The van der Waals surface area contributed by atoms with Gasteiger partial charge in [0.25, 0.3) is 23.6 Å². The molecule has 0 saturated carbocycles. The molecule has 16 aromatic rings. The summed E-state index contributed by atoms with van der Waals surface area (Å²) in [5, 5.41) is 21.8. The van der Waals surface area contributed by atoms with Crippen LogP contribution < -0.4 is 21.3 Å². The molecule has 642 valence electrons. The van der Waals surface area contributed by atoms with Crippen molar-refractivity contribution < 1.29 is 28.7 Å². The van der Waals surface area contributed by atoms with Crippen molar-refractivity contribution in [2.75, 3.05) is 107 Å². The largest absolute Gasteiger partial charge is 0.378 e. The third-order valence-corrected chi connectivity index (χ3v) is 24.4. The number of carbonyl (C=O) groups is 4. The second-order valence-corrected chi connectivity index (χ2v) is 33.0. The molecule has 17 heterocycles. The standard InChI is InChI=1S/C23H22ClN7O2.C22H23ClN8O.C21H20ClN7O2.C21H20ClN7O/c1-12(29-22-20-21(26-10-25-20)27-11-28-22)17-7-13-3-2-4-16(24)18(13)19(30-17)23(32)31-14-5-6-15(31)9-33-8-14;1-13(28-21-19-20(25-11-24-19)26-12-27-21)16-10-14-4-3-5-15(23)17(14)18(29-16)22(32)31-8-6-30(2)7-9-31;1-12(27-20-18-19(24-10-23-18)25-11-26-20)15-9-13-3-2-4-14(22)16(13)17(28-15)21(30)29-5-7-31-8-6-29;1-12(27-20-18-19(24-10-23-18)25-11-26-20)15-9-13-5-4-6-14(22)16(13)17(28-15)21(30)29-7-2-3-8-29/h2-4,7,10-12,14-15H,5-6,8-9H2,1H3,(H2,25,26,27,28,29);3-5,10-13H,6-9H2,1-2H3,(H2,24,25,26,27,28);2-4,9-12H,5-8H2,1H3,(H2,23,24,25,26,27);4-6,9-12H,2-3,7-8H2,1H3,(H2,23,24,25,26,27)/t12-,14?,15?;13-;2*12-/m0000/s1. The SMILES string of the molecule is C[C@H](Nc1ncnc2nc[nH]c12)c1cc2cccc(Cl)c2c(C(=O)N2C3CCC2COC3)n1.C[C@H](Nc1ncnc2nc[nH]c12)c1cc2cccc(Cl)c2c(C(=O)N2CCCC2)n1.C[C@H](Nc1ncnc2nc[nH]c12)c1cc2cccc(Cl)c2c(C(=O)N2CCN(C)CC2)n1.C[C@H](Nc1ncnc2nc[nH]c12)c1cc2cccc(Cl)c2c(C(=O)N2CCOCC2)n1. The molecule has 6 atom stereocenters. The number of anilines is 4. The Morgan fingerprint density at radius 1 is 0.373 bits per heavy atom. The number of likely N-dealkylation sites (tertiary alicyclic amines) is 1. The molecule has 0 aliphatic carbocycles. The highest BCUT2D eigenvalue weighted by Gasteiger charge is 2.42. The van der Waals surface area contributed by atoms with Crippen molar-refractivity contribution in [3.63, 3.8) is 0 Å². The number of amides is 4. The van der Waals surface area contributed by atoms with Gasteiger partial charge in [-0.3, -0.25) is 19.2 Å². The Morgan fingerprint density at radius 2 is 0.667 bits per heavy atom. The molecular weight excluding hydrogens is 1690 g/mol. The van der Waals surface area contributed by atoms with Crippen molar-refractivity contribution >= 4 is 181 Å². The van der Waals surface area contributed by atoms with Crippen LogP contribution in [-0.2, 0) is 9.47 Å². The topological polar surface area (TPSA) is 420 Å². The molecule has 2 unspecified atom stereocenters. The van der Waals surface area contributed by atoms with Gasteiger partial charge in [0.15, 0.2) is 45.9 Å². The van der Waals surface area contributed by atoms with Crippen LogP contribution >= 0.6 is 46.4 Å². The van der Waals surface area contributed by atoms with Crippen LogP contribution in [-0.4, -0.2) is 246 Å². The number of likely N-dealkylation sites (N-methyl/N-ethyl adjacent to an activating group) is 1. The first-order chi connectivity index (χ1) is 61.3. The Kier molecular flexibility index (Phi) is 24.3. The maximum Gasteiger partial charge on any atom is 0.273 e. The van der Waals surface area contributed by atoms with E-state index in [1.54, 1.807) is 54.5 Å². The van der Waals surface area contributed by atoms with Gasteiger partial charge in [-0.1, -0.05) is 94.9 Å². The summed E-state index contributed by atoms with van der Waals surface area (Å²) >= 11 is 26.0. The zero-order valence-electron chi connectivity index (χ0n) is 69.0. The van der Waals surface area contributed by atoms with E-state index >= 15 is 0 Å². The van der Waals surface area contributed by atoms with E-state index in [-0.39, 0.29) is 59.9 Å². The molecular formula is C87H85Cl4N29O6. The van der Waals surface area contributed by atoms with Gasteiger partial charge in [0, 0.05) is 73.9 Å². The molecule has 4 aromatic carbocycles. The van der Waals surface area contributed by atoms with Crippen LogP contribution in [0, 0.1) is 0 Å². The quantitative estimate of drug-likeness (QED) is 0.0445. The number of hydrogen-bond acceptors (Lipinski definition) is 27. The second kappa shape index (κ2) is 36.6. The number of nitrogens with one attached hydrogen (secondary N) is 8. The number of rotatable bonds is 16. The number of benzene rings is 4. The van der Waals surface area contributed by atoms with Gasteiger partial charge >= 0.3 is 0 Å². The van der Waals surface area contributed by atoms with Crippen LogP contribution in [0.3, 0.4) is 0 Å². The van der Waals surface area contributed by atoms with E-state index in [2.05, 4.69) is 113 Å². The van der Waals surface area contributed by atoms with E-state index < -0.39 is 0 Å². The molecule has 12 aromatic heterocycles. The zero-order chi connectivity index (χ0) is 86.8. The molecule has 8 N–H and O–H groups in total. The summed E-state index contributed by atoms with van der Waals surface area (Å²) in [6.07, 6.45) is 16.1. The van der Waals surface area contributed by atoms with Crippen LogP contribution in [0.2, 0.25) is 20.1 Å². The first kappa shape index (κ1) is 83.7. The normalized spacial score (nSPS) is 16.9. The molecule has 5 aliphatic rings.